The van der Waals surface area contributed by atoms with E-state index in [2.05, 4.69) is 0 Å². The van der Waals surface area contributed by atoms with E-state index in [1.807, 2.05) is 6.07 Å². The van der Waals surface area contributed by atoms with Crippen LogP contribution in [0.1, 0.15) is 18.9 Å². The van der Waals surface area contributed by atoms with Gasteiger partial charge < -0.3 is 5.11 Å². The Kier molecular flexibility index (Phi) is 4.64. The van der Waals surface area contributed by atoms with Crippen molar-refractivity contribution in [3.63, 3.8) is 0 Å². The molecular formula is C12H14N2O4S. The molecule has 1 atom stereocenters. The smallest absolute Gasteiger partial charge is 0.321 e. The van der Waals surface area contributed by atoms with Crippen LogP contribution in [0.2, 0.25) is 0 Å². The van der Waals surface area contributed by atoms with Crippen LogP contribution in [0.5, 0.6) is 0 Å². The Morgan fingerprint density at radius 3 is 2.32 bits per heavy atom. The van der Waals surface area contributed by atoms with Gasteiger partial charge in [-0.05, 0) is 30.7 Å². The lowest BCUT2D eigenvalue weighted by Crippen LogP contribution is -2.41. The van der Waals surface area contributed by atoms with Gasteiger partial charge in [0.15, 0.2) is 0 Å². The van der Waals surface area contributed by atoms with Crippen LogP contribution in [0.4, 0.5) is 0 Å². The van der Waals surface area contributed by atoms with Gasteiger partial charge in [-0.25, -0.2) is 8.42 Å². The van der Waals surface area contributed by atoms with Crippen molar-refractivity contribution < 1.29 is 18.3 Å². The first kappa shape index (κ1) is 15.1. The fourth-order valence-electron chi connectivity index (χ4n) is 1.62. The number of nitriles is 1. The molecule has 0 fully saturated rings. The Hall–Kier alpha value is -1.91. The van der Waals surface area contributed by atoms with Crippen molar-refractivity contribution in [1.82, 2.24) is 4.31 Å². The predicted molar refractivity (Wildman–Crippen MR) is 67.8 cm³/mol. The molecule has 0 aliphatic rings. The van der Waals surface area contributed by atoms with E-state index >= 15 is 0 Å². The average molecular weight is 282 g/mol. The number of carboxylic acids is 1. The van der Waals surface area contributed by atoms with Crippen molar-refractivity contribution in [3.05, 3.63) is 29.8 Å². The van der Waals surface area contributed by atoms with E-state index in [1.165, 1.54) is 31.3 Å². The minimum absolute atomic E-state index is 0.0336. The number of carboxylic acid groups (broad SMARTS) is 1. The van der Waals surface area contributed by atoms with Gasteiger partial charge in [0.1, 0.15) is 6.04 Å². The zero-order valence-electron chi connectivity index (χ0n) is 10.6. The third kappa shape index (κ3) is 3.10. The number of aliphatic carboxylic acids is 1. The summed E-state index contributed by atoms with van der Waals surface area (Å²) < 4.78 is 25.3. The number of sulfonamides is 1. The largest absolute Gasteiger partial charge is 0.480 e. The van der Waals surface area contributed by atoms with Crippen LogP contribution in [0.25, 0.3) is 0 Å². The molecule has 1 aromatic carbocycles. The minimum atomic E-state index is -3.88. The second-order valence-electron chi connectivity index (χ2n) is 3.92. The molecule has 7 heteroatoms. The van der Waals surface area contributed by atoms with E-state index in [0.29, 0.717) is 5.56 Å². The summed E-state index contributed by atoms with van der Waals surface area (Å²) >= 11 is 0. The summed E-state index contributed by atoms with van der Waals surface area (Å²) in [5.41, 5.74) is 0.340. The maximum atomic E-state index is 12.2. The highest BCUT2D eigenvalue weighted by molar-refractivity contribution is 7.89. The first-order valence-electron chi connectivity index (χ1n) is 5.55. The zero-order chi connectivity index (χ0) is 14.6. The van der Waals surface area contributed by atoms with Crippen molar-refractivity contribution in [2.75, 3.05) is 7.05 Å². The van der Waals surface area contributed by atoms with Crippen LogP contribution in [-0.4, -0.2) is 36.9 Å². The topological polar surface area (TPSA) is 98.5 Å². The van der Waals surface area contributed by atoms with Gasteiger partial charge in [0.05, 0.1) is 16.5 Å². The maximum Gasteiger partial charge on any atom is 0.321 e. The zero-order valence-corrected chi connectivity index (χ0v) is 11.4. The van der Waals surface area contributed by atoms with Crippen molar-refractivity contribution in [2.24, 2.45) is 0 Å². The number of carbonyl (C=O) groups is 1. The molecule has 0 amide bonds. The lowest BCUT2D eigenvalue weighted by atomic mass is 10.2. The van der Waals surface area contributed by atoms with E-state index in [1.54, 1.807) is 6.92 Å². The van der Waals surface area contributed by atoms with Crippen molar-refractivity contribution in [1.29, 1.82) is 5.26 Å². The molecule has 1 aromatic rings. The maximum absolute atomic E-state index is 12.2. The van der Waals surface area contributed by atoms with Gasteiger partial charge >= 0.3 is 5.97 Å². The third-order valence-electron chi connectivity index (χ3n) is 2.77. The summed E-state index contributed by atoms with van der Waals surface area (Å²) in [4.78, 5) is 11.0. The van der Waals surface area contributed by atoms with E-state index in [-0.39, 0.29) is 11.3 Å². The Bertz CT molecular complexity index is 602. The summed E-state index contributed by atoms with van der Waals surface area (Å²) in [5, 5.41) is 17.6. The van der Waals surface area contributed by atoms with E-state index in [4.69, 9.17) is 10.4 Å². The van der Waals surface area contributed by atoms with Gasteiger partial charge in [-0.2, -0.15) is 9.57 Å². The van der Waals surface area contributed by atoms with Crippen LogP contribution < -0.4 is 0 Å². The molecule has 102 valence electrons. The lowest BCUT2D eigenvalue weighted by Gasteiger charge is -2.23. The average Bonchev–Trinajstić information content (AvgIpc) is 2.39. The monoisotopic (exact) mass is 282 g/mol. The molecule has 0 bridgehead atoms. The minimum Gasteiger partial charge on any atom is -0.480 e. The molecule has 0 aliphatic heterocycles. The number of hydrogen-bond acceptors (Lipinski definition) is 4. The molecule has 0 heterocycles. The molecule has 0 saturated heterocycles. The number of rotatable bonds is 5. The molecule has 19 heavy (non-hydrogen) atoms. The second-order valence-corrected chi connectivity index (χ2v) is 5.92. The Balaban J connectivity index is 3.16. The molecule has 1 N–H and O–H groups in total. The molecule has 0 saturated carbocycles. The first-order valence-corrected chi connectivity index (χ1v) is 6.99. The second kappa shape index (κ2) is 5.82. The standard InChI is InChI=1S/C12H14N2O4S/c1-3-11(12(15)16)14(2)19(17,18)10-6-4-9(8-13)5-7-10/h4-7,11H,3H2,1-2H3,(H,15,16). The van der Waals surface area contributed by atoms with Crippen molar-refractivity contribution >= 4 is 16.0 Å². The Labute approximate surface area is 111 Å². The molecule has 1 rings (SSSR count). The van der Waals surface area contributed by atoms with Gasteiger partial charge in [0, 0.05) is 7.05 Å². The summed E-state index contributed by atoms with van der Waals surface area (Å²) in [6, 6.07) is 6.11. The number of benzene rings is 1. The first-order chi connectivity index (χ1) is 8.84. The summed E-state index contributed by atoms with van der Waals surface area (Å²) in [6.07, 6.45) is 0.168. The molecular weight excluding hydrogens is 268 g/mol. The summed E-state index contributed by atoms with van der Waals surface area (Å²) in [6.45, 7) is 1.60. The van der Waals surface area contributed by atoms with Gasteiger partial charge in [0.2, 0.25) is 10.0 Å². The third-order valence-corrected chi connectivity index (χ3v) is 4.65. The Morgan fingerprint density at radius 2 is 1.95 bits per heavy atom. The number of likely N-dealkylation sites (N-methyl/N-ethyl adjacent to an activating group) is 1. The van der Waals surface area contributed by atoms with Crippen molar-refractivity contribution in [2.45, 2.75) is 24.3 Å². The number of hydrogen-bond donors (Lipinski definition) is 1. The van der Waals surface area contributed by atoms with Crippen molar-refractivity contribution in [3.8, 4) is 6.07 Å². The normalized spacial score (nSPS) is 12.9. The Morgan fingerprint density at radius 1 is 1.42 bits per heavy atom. The molecule has 0 radical (unpaired) electrons. The van der Waals surface area contributed by atoms with Gasteiger partial charge in [-0.15, -0.1) is 0 Å². The van der Waals surface area contributed by atoms with Crippen LogP contribution in [0.15, 0.2) is 29.2 Å². The number of nitrogens with zero attached hydrogens (tertiary/aromatic N) is 2. The van der Waals surface area contributed by atoms with E-state index in [9.17, 15) is 13.2 Å². The van der Waals surface area contributed by atoms with E-state index < -0.39 is 22.0 Å². The fourth-order valence-corrected chi connectivity index (χ4v) is 3.01. The highest BCUT2D eigenvalue weighted by Gasteiger charge is 2.31. The summed E-state index contributed by atoms with van der Waals surface area (Å²) in [7, 11) is -2.65. The summed E-state index contributed by atoms with van der Waals surface area (Å²) in [5.74, 6) is -1.19. The molecule has 0 aromatic heterocycles. The quantitative estimate of drug-likeness (QED) is 0.870. The van der Waals surface area contributed by atoms with Crippen LogP contribution in [0.3, 0.4) is 0 Å². The molecule has 1 unspecified atom stereocenters. The highest BCUT2D eigenvalue weighted by atomic mass is 32.2. The van der Waals surface area contributed by atoms with Crippen LogP contribution >= 0.6 is 0 Å². The SMILES string of the molecule is CCC(C(=O)O)N(C)S(=O)(=O)c1ccc(C#N)cc1. The fraction of sp³-hybridized carbons (Fsp3) is 0.333. The van der Waals surface area contributed by atoms with E-state index in [0.717, 1.165) is 4.31 Å². The van der Waals surface area contributed by atoms with Gasteiger partial charge in [0.25, 0.3) is 0 Å². The van der Waals surface area contributed by atoms with Crippen LogP contribution in [0, 0.1) is 11.3 Å². The highest BCUT2D eigenvalue weighted by Crippen LogP contribution is 2.18. The molecule has 0 spiro atoms. The van der Waals surface area contributed by atoms with Gasteiger partial charge in [-0.3, -0.25) is 4.79 Å². The lowest BCUT2D eigenvalue weighted by molar-refractivity contribution is -0.141. The molecule has 0 aliphatic carbocycles. The predicted octanol–water partition coefficient (Wildman–Crippen LogP) is 1.04. The molecule has 6 nitrogen and oxygen atoms in total. The van der Waals surface area contributed by atoms with Gasteiger partial charge in [-0.1, -0.05) is 6.92 Å². The van der Waals surface area contributed by atoms with Crippen LogP contribution in [-0.2, 0) is 14.8 Å².